The lowest BCUT2D eigenvalue weighted by Crippen LogP contribution is -2.52. The van der Waals surface area contributed by atoms with Gasteiger partial charge >= 0.3 is 6.09 Å². The molecule has 0 heterocycles. The summed E-state index contributed by atoms with van der Waals surface area (Å²) in [5.41, 5.74) is 0.468. The van der Waals surface area contributed by atoms with Gasteiger partial charge in [-0.05, 0) is 44.0 Å². The first-order valence-electron chi connectivity index (χ1n) is 10.9. The summed E-state index contributed by atoms with van der Waals surface area (Å²) in [5.74, 6) is -1.78. The quantitative estimate of drug-likeness (QED) is 0.542. The Bertz CT molecular complexity index is 1010. The Labute approximate surface area is 196 Å². The number of nitrogens with zero attached hydrogens (tertiary/aromatic N) is 1. The van der Waals surface area contributed by atoms with Crippen molar-refractivity contribution in [2.24, 2.45) is 0 Å². The number of hydrogen-bond acceptors (Lipinski definition) is 3. The predicted octanol–water partition coefficient (Wildman–Crippen LogP) is 4.66. The summed E-state index contributed by atoms with van der Waals surface area (Å²) in [5, 5.41) is 14.5. The van der Waals surface area contributed by atoms with Gasteiger partial charge in [-0.1, -0.05) is 55.1 Å². The van der Waals surface area contributed by atoms with Gasteiger partial charge in [-0.3, -0.25) is 14.5 Å². The first-order valence-corrected chi connectivity index (χ1v) is 11.3. The van der Waals surface area contributed by atoms with Gasteiger partial charge in [-0.2, -0.15) is 0 Å². The summed E-state index contributed by atoms with van der Waals surface area (Å²) < 4.78 is 14.1. The second-order valence-corrected chi connectivity index (χ2v) is 8.53. The van der Waals surface area contributed by atoms with E-state index in [1.807, 2.05) is 0 Å². The van der Waals surface area contributed by atoms with Crippen molar-refractivity contribution in [2.45, 2.75) is 57.2 Å². The van der Waals surface area contributed by atoms with E-state index >= 15 is 0 Å². The van der Waals surface area contributed by atoms with Gasteiger partial charge in [0.05, 0.1) is 0 Å². The van der Waals surface area contributed by atoms with Crippen molar-refractivity contribution < 1.29 is 23.9 Å². The highest BCUT2D eigenvalue weighted by Gasteiger charge is 2.37. The Morgan fingerprint density at radius 1 is 1.09 bits per heavy atom. The van der Waals surface area contributed by atoms with Crippen LogP contribution in [0.5, 0.6) is 0 Å². The van der Waals surface area contributed by atoms with Gasteiger partial charge in [-0.15, -0.1) is 0 Å². The summed E-state index contributed by atoms with van der Waals surface area (Å²) >= 11 is 6.44. The zero-order valence-electron chi connectivity index (χ0n) is 18.3. The van der Waals surface area contributed by atoms with E-state index in [0.717, 1.165) is 43.1 Å². The number of carbonyl (C=O) groups is 3. The number of carboxylic acid groups (broad SMARTS) is 1. The first-order chi connectivity index (χ1) is 15.8. The van der Waals surface area contributed by atoms with Crippen LogP contribution in [-0.4, -0.2) is 35.1 Å². The molecule has 1 aliphatic rings. The summed E-state index contributed by atoms with van der Waals surface area (Å²) in [6.07, 6.45) is 3.35. The van der Waals surface area contributed by atoms with Crippen molar-refractivity contribution in [3.8, 4) is 0 Å². The molecule has 0 aliphatic heterocycles. The lowest BCUT2D eigenvalue weighted by molar-refractivity contribution is -0.127. The zero-order valence-corrected chi connectivity index (χ0v) is 19.0. The molecule has 1 unspecified atom stereocenters. The molecule has 3 rings (SSSR count). The topological polar surface area (TPSA) is 98.7 Å². The van der Waals surface area contributed by atoms with Crippen molar-refractivity contribution in [3.05, 3.63) is 64.9 Å². The first kappa shape index (κ1) is 24.5. The molecule has 176 valence electrons. The summed E-state index contributed by atoms with van der Waals surface area (Å²) in [7, 11) is 0. The number of carbonyl (C=O) groups excluding carboxylic acids is 2. The molecule has 1 aliphatic carbocycles. The van der Waals surface area contributed by atoms with E-state index in [2.05, 4.69) is 10.6 Å². The molecule has 9 heteroatoms. The molecule has 0 radical (unpaired) electrons. The molecular weight excluding hydrogens is 449 g/mol. The SMILES string of the molecule is C[C@H](NC(=O)O)C(=O)N(c1cccc(F)c1)C(C(=O)NC1CCCCC1)c1ccccc1Cl. The Hall–Kier alpha value is -3.13. The second-order valence-electron chi connectivity index (χ2n) is 8.13. The van der Waals surface area contributed by atoms with E-state index in [1.54, 1.807) is 24.3 Å². The molecule has 0 saturated heterocycles. The van der Waals surface area contributed by atoms with E-state index in [9.17, 15) is 18.8 Å². The molecular formula is C24H27ClFN3O4. The number of nitrogens with one attached hydrogen (secondary N) is 2. The van der Waals surface area contributed by atoms with E-state index in [1.165, 1.54) is 25.1 Å². The van der Waals surface area contributed by atoms with Crippen LogP contribution in [0.2, 0.25) is 5.02 Å². The van der Waals surface area contributed by atoms with Gasteiger partial charge in [-0.25, -0.2) is 9.18 Å². The lowest BCUT2D eigenvalue weighted by Gasteiger charge is -2.35. The Balaban J connectivity index is 2.09. The van der Waals surface area contributed by atoms with Crippen LogP contribution in [-0.2, 0) is 9.59 Å². The summed E-state index contributed by atoms with van der Waals surface area (Å²) in [4.78, 5) is 39.4. The summed E-state index contributed by atoms with van der Waals surface area (Å²) in [6.45, 7) is 1.37. The molecule has 1 fully saturated rings. The third-order valence-electron chi connectivity index (χ3n) is 5.69. The minimum atomic E-state index is -1.39. The van der Waals surface area contributed by atoms with E-state index < -0.39 is 35.8 Å². The van der Waals surface area contributed by atoms with Crippen molar-refractivity contribution in [1.82, 2.24) is 10.6 Å². The molecule has 3 N–H and O–H groups in total. The van der Waals surface area contributed by atoms with Crippen molar-refractivity contribution in [1.29, 1.82) is 0 Å². The number of anilines is 1. The fourth-order valence-corrected chi connectivity index (χ4v) is 4.35. The van der Waals surface area contributed by atoms with Gasteiger partial charge < -0.3 is 15.7 Å². The average Bonchev–Trinajstić information content (AvgIpc) is 2.78. The number of hydrogen-bond donors (Lipinski definition) is 3. The van der Waals surface area contributed by atoms with Crippen LogP contribution in [0.25, 0.3) is 0 Å². The molecule has 7 nitrogen and oxygen atoms in total. The average molecular weight is 476 g/mol. The van der Waals surface area contributed by atoms with E-state index in [0.29, 0.717) is 5.56 Å². The van der Waals surface area contributed by atoms with Crippen LogP contribution < -0.4 is 15.5 Å². The van der Waals surface area contributed by atoms with E-state index in [-0.39, 0.29) is 16.8 Å². The van der Waals surface area contributed by atoms with Gasteiger partial charge in [0.15, 0.2) is 0 Å². The van der Waals surface area contributed by atoms with Gasteiger partial charge in [0.25, 0.3) is 0 Å². The predicted molar refractivity (Wildman–Crippen MR) is 124 cm³/mol. The van der Waals surface area contributed by atoms with Crippen LogP contribution in [0.15, 0.2) is 48.5 Å². The minimum absolute atomic E-state index is 0.0460. The van der Waals surface area contributed by atoms with Crippen molar-refractivity contribution in [3.63, 3.8) is 0 Å². The minimum Gasteiger partial charge on any atom is -0.465 e. The maximum atomic E-state index is 14.1. The molecule has 1 saturated carbocycles. The van der Waals surface area contributed by atoms with Crippen LogP contribution >= 0.6 is 11.6 Å². The number of amides is 3. The van der Waals surface area contributed by atoms with Crippen LogP contribution in [0, 0.1) is 5.82 Å². The molecule has 2 aromatic rings. The molecule has 0 aromatic heterocycles. The second kappa shape index (κ2) is 11.1. The third kappa shape index (κ3) is 6.22. The maximum Gasteiger partial charge on any atom is 0.405 e. The normalized spacial score (nSPS) is 15.8. The van der Waals surface area contributed by atoms with E-state index in [4.69, 9.17) is 16.7 Å². The van der Waals surface area contributed by atoms with Crippen LogP contribution in [0.4, 0.5) is 14.9 Å². The van der Waals surface area contributed by atoms with Crippen LogP contribution in [0.1, 0.15) is 50.6 Å². The van der Waals surface area contributed by atoms with Gasteiger partial charge in [0.1, 0.15) is 17.9 Å². The molecule has 0 bridgehead atoms. The Kier molecular flexibility index (Phi) is 8.27. The highest BCUT2D eigenvalue weighted by molar-refractivity contribution is 6.31. The zero-order chi connectivity index (χ0) is 24.0. The lowest BCUT2D eigenvalue weighted by atomic mass is 9.94. The maximum absolute atomic E-state index is 14.1. The summed E-state index contributed by atoms with van der Waals surface area (Å²) in [6, 6.07) is 9.41. The Morgan fingerprint density at radius 3 is 2.42 bits per heavy atom. The highest BCUT2D eigenvalue weighted by atomic mass is 35.5. The van der Waals surface area contributed by atoms with Crippen molar-refractivity contribution >= 4 is 35.2 Å². The fourth-order valence-electron chi connectivity index (χ4n) is 4.11. The monoisotopic (exact) mass is 475 g/mol. The number of rotatable bonds is 7. The molecule has 33 heavy (non-hydrogen) atoms. The largest absolute Gasteiger partial charge is 0.465 e. The smallest absolute Gasteiger partial charge is 0.405 e. The molecule has 2 atom stereocenters. The van der Waals surface area contributed by atoms with Gasteiger partial charge in [0, 0.05) is 22.3 Å². The third-order valence-corrected chi connectivity index (χ3v) is 6.04. The van der Waals surface area contributed by atoms with Gasteiger partial charge in [0.2, 0.25) is 11.8 Å². The fraction of sp³-hybridized carbons (Fsp3) is 0.375. The number of halogens is 2. The number of benzene rings is 2. The van der Waals surface area contributed by atoms with Crippen molar-refractivity contribution in [2.75, 3.05) is 4.90 Å². The molecule has 2 aromatic carbocycles. The molecule has 0 spiro atoms. The Morgan fingerprint density at radius 2 is 1.79 bits per heavy atom. The van der Waals surface area contributed by atoms with Crippen LogP contribution in [0.3, 0.4) is 0 Å². The molecule has 3 amide bonds. The standard InChI is InChI=1S/C24H27ClFN3O4/c1-15(27-24(32)33)23(31)29(18-11-7-8-16(26)14-18)21(19-12-5-6-13-20(19)25)22(30)28-17-9-3-2-4-10-17/h5-8,11-15,17,21,27H,2-4,9-10H2,1H3,(H,28,30)(H,32,33)/t15-,21?/m0/s1. The highest BCUT2D eigenvalue weighted by Crippen LogP contribution is 2.33.